The molecular weight excluding hydrogens is 262 g/mol. The molecule has 0 bridgehead atoms. The Morgan fingerprint density at radius 1 is 1.53 bits per heavy atom. The maximum atomic E-state index is 10.7. The van der Waals surface area contributed by atoms with Crippen molar-refractivity contribution in [1.82, 2.24) is 4.90 Å². The lowest BCUT2D eigenvalue weighted by Crippen LogP contribution is -2.32. The first-order valence-corrected chi connectivity index (χ1v) is 7.61. The van der Waals surface area contributed by atoms with E-state index >= 15 is 0 Å². The molecule has 19 heavy (non-hydrogen) atoms. The second kappa shape index (κ2) is 7.35. The molecule has 0 aliphatic rings. The van der Waals surface area contributed by atoms with Crippen LogP contribution in [0.1, 0.15) is 18.9 Å². The Labute approximate surface area is 118 Å². The minimum absolute atomic E-state index is 0.0254. The number of nitro benzene ring substituents is 1. The average Bonchev–Trinajstić information content (AvgIpc) is 2.35. The summed E-state index contributed by atoms with van der Waals surface area (Å²) in [7, 11) is 2.07. The molecule has 0 saturated carbocycles. The molecule has 1 aromatic carbocycles. The van der Waals surface area contributed by atoms with Crippen molar-refractivity contribution in [1.29, 1.82) is 0 Å². The molecule has 0 fully saturated rings. The molecular formula is C13H21N3O2S. The van der Waals surface area contributed by atoms with Gasteiger partial charge in [-0.05, 0) is 31.4 Å². The highest BCUT2D eigenvalue weighted by molar-refractivity contribution is 7.98. The summed E-state index contributed by atoms with van der Waals surface area (Å²) in [5.41, 5.74) is 6.91. The number of nitro groups is 1. The van der Waals surface area contributed by atoms with Crippen molar-refractivity contribution < 1.29 is 4.92 Å². The summed E-state index contributed by atoms with van der Waals surface area (Å²) in [6.07, 6.45) is 3.18. The quantitative estimate of drug-likeness (QED) is 0.473. The van der Waals surface area contributed by atoms with Gasteiger partial charge in [0.15, 0.2) is 0 Å². The summed E-state index contributed by atoms with van der Waals surface area (Å²) < 4.78 is 0. The molecule has 106 valence electrons. The van der Waals surface area contributed by atoms with Crippen molar-refractivity contribution >= 4 is 23.1 Å². The van der Waals surface area contributed by atoms with Crippen LogP contribution in [0.3, 0.4) is 0 Å². The normalized spacial score (nSPS) is 12.6. The third-order valence-corrected chi connectivity index (χ3v) is 3.89. The highest BCUT2D eigenvalue weighted by atomic mass is 32.2. The molecule has 1 rings (SSSR count). The number of hydrogen-bond donors (Lipinski definition) is 1. The molecule has 0 amide bonds. The van der Waals surface area contributed by atoms with Gasteiger partial charge < -0.3 is 5.73 Å². The van der Waals surface area contributed by atoms with Gasteiger partial charge in [-0.25, -0.2) is 0 Å². The average molecular weight is 283 g/mol. The van der Waals surface area contributed by atoms with E-state index in [1.54, 1.807) is 12.1 Å². The van der Waals surface area contributed by atoms with Crippen LogP contribution in [-0.4, -0.2) is 34.9 Å². The van der Waals surface area contributed by atoms with E-state index in [9.17, 15) is 10.1 Å². The van der Waals surface area contributed by atoms with Gasteiger partial charge in [0, 0.05) is 24.4 Å². The van der Waals surface area contributed by atoms with Gasteiger partial charge in [0.2, 0.25) is 0 Å². The van der Waals surface area contributed by atoms with Gasteiger partial charge in [-0.3, -0.25) is 15.0 Å². The maximum Gasteiger partial charge on any atom is 0.292 e. The van der Waals surface area contributed by atoms with Crippen LogP contribution in [0.15, 0.2) is 18.2 Å². The number of anilines is 1. The van der Waals surface area contributed by atoms with Crippen molar-refractivity contribution in [2.75, 3.05) is 24.8 Å². The van der Waals surface area contributed by atoms with Gasteiger partial charge in [-0.1, -0.05) is 13.0 Å². The number of nitrogens with zero attached hydrogens (tertiary/aromatic N) is 2. The molecule has 0 radical (unpaired) electrons. The molecule has 0 aliphatic carbocycles. The summed E-state index contributed by atoms with van der Waals surface area (Å²) >= 11 is 1.83. The Balaban J connectivity index is 2.77. The molecule has 1 atom stereocenters. The van der Waals surface area contributed by atoms with E-state index in [0.717, 1.165) is 24.3 Å². The molecule has 1 aromatic rings. The zero-order chi connectivity index (χ0) is 14.4. The molecule has 0 aromatic heterocycles. The fourth-order valence-corrected chi connectivity index (χ4v) is 2.91. The lowest BCUT2D eigenvalue weighted by atomic mass is 10.1. The van der Waals surface area contributed by atoms with Crippen molar-refractivity contribution in [3.63, 3.8) is 0 Å². The largest absolute Gasteiger partial charge is 0.393 e. The minimum Gasteiger partial charge on any atom is -0.393 e. The summed E-state index contributed by atoms with van der Waals surface area (Å²) in [6.45, 7) is 2.92. The zero-order valence-electron chi connectivity index (χ0n) is 11.6. The van der Waals surface area contributed by atoms with E-state index in [2.05, 4.69) is 25.1 Å². The van der Waals surface area contributed by atoms with Crippen LogP contribution in [0, 0.1) is 10.1 Å². The number of thioether (sulfide) groups is 1. The van der Waals surface area contributed by atoms with E-state index in [1.165, 1.54) is 6.07 Å². The van der Waals surface area contributed by atoms with Gasteiger partial charge in [0.05, 0.1) is 4.92 Å². The van der Waals surface area contributed by atoms with E-state index in [4.69, 9.17) is 5.73 Å². The first-order valence-electron chi connectivity index (χ1n) is 6.21. The van der Waals surface area contributed by atoms with Crippen LogP contribution in [0.4, 0.5) is 11.4 Å². The van der Waals surface area contributed by atoms with Gasteiger partial charge in [-0.15, -0.1) is 0 Å². The van der Waals surface area contributed by atoms with E-state index in [0.29, 0.717) is 6.04 Å². The molecule has 0 heterocycles. The second-order valence-electron chi connectivity index (χ2n) is 4.58. The second-order valence-corrected chi connectivity index (χ2v) is 5.49. The number of rotatable bonds is 7. The summed E-state index contributed by atoms with van der Waals surface area (Å²) in [4.78, 5) is 12.5. The van der Waals surface area contributed by atoms with Crippen LogP contribution >= 0.6 is 11.8 Å². The smallest absolute Gasteiger partial charge is 0.292 e. The van der Waals surface area contributed by atoms with Crippen LogP contribution in [0.2, 0.25) is 0 Å². The van der Waals surface area contributed by atoms with Gasteiger partial charge in [0.1, 0.15) is 5.69 Å². The Kier molecular flexibility index (Phi) is 6.11. The Morgan fingerprint density at radius 2 is 2.21 bits per heavy atom. The predicted octanol–water partition coefficient (Wildman–Crippen LogP) is 2.75. The number of benzene rings is 1. The lowest BCUT2D eigenvalue weighted by Gasteiger charge is -2.26. The van der Waals surface area contributed by atoms with Crippen LogP contribution < -0.4 is 5.73 Å². The van der Waals surface area contributed by atoms with Crippen molar-refractivity contribution in [3.05, 3.63) is 33.9 Å². The lowest BCUT2D eigenvalue weighted by molar-refractivity contribution is -0.383. The van der Waals surface area contributed by atoms with E-state index < -0.39 is 4.92 Å². The van der Waals surface area contributed by atoms with Crippen LogP contribution in [-0.2, 0) is 6.54 Å². The Morgan fingerprint density at radius 3 is 2.68 bits per heavy atom. The fraction of sp³-hybridized carbons (Fsp3) is 0.538. The van der Waals surface area contributed by atoms with Crippen molar-refractivity contribution in [2.24, 2.45) is 0 Å². The van der Waals surface area contributed by atoms with Crippen molar-refractivity contribution in [2.45, 2.75) is 25.9 Å². The predicted molar refractivity (Wildman–Crippen MR) is 81.4 cm³/mol. The summed E-state index contributed by atoms with van der Waals surface area (Å²) in [5.74, 6) is 1.08. The number of nitrogen functional groups attached to an aromatic ring is 1. The minimum atomic E-state index is -0.453. The van der Waals surface area contributed by atoms with Crippen molar-refractivity contribution in [3.8, 4) is 0 Å². The monoisotopic (exact) mass is 283 g/mol. The van der Waals surface area contributed by atoms with Crippen LogP contribution in [0.25, 0.3) is 0 Å². The number of hydrogen-bond acceptors (Lipinski definition) is 5. The SMILES string of the molecule is CCC(CSC)N(C)Cc1ccc([N+](=O)[O-])c(N)c1. The number of nitrogens with two attached hydrogens (primary N) is 1. The standard InChI is InChI=1S/C13H21N3O2S/c1-4-11(9-19-3)15(2)8-10-5-6-13(16(17)18)12(14)7-10/h5-7,11H,4,8-9,14H2,1-3H3. The molecule has 0 spiro atoms. The highest BCUT2D eigenvalue weighted by Gasteiger charge is 2.15. The third kappa shape index (κ3) is 4.40. The molecule has 5 nitrogen and oxygen atoms in total. The fourth-order valence-electron chi connectivity index (χ4n) is 2.03. The summed E-state index contributed by atoms with van der Waals surface area (Å²) in [6, 6.07) is 5.46. The van der Waals surface area contributed by atoms with Gasteiger partial charge in [-0.2, -0.15) is 11.8 Å². The topological polar surface area (TPSA) is 72.4 Å². The van der Waals surface area contributed by atoms with E-state index in [-0.39, 0.29) is 11.4 Å². The van der Waals surface area contributed by atoms with E-state index in [1.807, 2.05) is 11.8 Å². The Bertz CT molecular complexity index is 440. The first kappa shape index (κ1) is 15.8. The molecule has 2 N–H and O–H groups in total. The highest BCUT2D eigenvalue weighted by Crippen LogP contribution is 2.23. The maximum absolute atomic E-state index is 10.7. The van der Waals surface area contributed by atoms with Gasteiger partial charge in [0.25, 0.3) is 5.69 Å². The molecule has 0 aliphatic heterocycles. The molecule has 6 heteroatoms. The van der Waals surface area contributed by atoms with Crippen LogP contribution in [0.5, 0.6) is 0 Å². The first-order chi connectivity index (χ1) is 8.99. The Hall–Kier alpha value is -1.27. The third-order valence-electron chi connectivity index (χ3n) is 3.17. The summed E-state index contributed by atoms with van der Waals surface area (Å²) in [5, 5.41) is 10.7. The zero-order valence-corrected chi connectivity index (χ0v) is 12.4. The van der Waals surface area contributed by atoms with Gasteiger partial charge >= 0.3 is 0 Å². The molecule has 0 saturated heterocycles. The molecule has 1 unspecified atom stereocenters.